The Morgan fingerprint density at radius 1 is 1.15 bits per heavy atom. The molecular weight excluding hydrogens is 252 g/mol. The molecule has 2 atom stereocenters. The highest BCUT2D eigenvalue weighted by molar-refractivity contribution is 5.48. The molecule has 0 spiro atoms. The van der Waals surface area contributed by atoms with Crippen LogP contribution in [0.15, 0.2) is 6.07 Å². The predicted molar refractivity (Wildman–Crippen MR) is 80.0 cm³/mol. The number of rotatable bonds is 5. The Balaban J connectivity index is 1.76. The maximum atomic E-state index is 9.51. The van der Waals surface area contributed by atoms with Gasteiger partial charge in [0.1, 0.15) is 17.5 Å². The third-order valence-electron chi connectivity index (χ3n) is 4.42. The fourth-order valence-corrected chi connectivity index (χ4v) is 3.00. The maximum Gasteiger partial charge on any atom is 0.136 e. The fourth-order valence-electron chi connectivity index (χ4n) is 3.00. The van der Waals surface area contributed by atoms with Crippen molar-refractivity contribution in [3.63, 3.8) is 0 Å². The molecule has 3 N–H and O–H groups in total. The second kappa shape index (κ2) is 5.95. The van der Waals surface area contributed by atoms with Crippen LogP contribution in [0.3, 0.4) is 0 Å². The molecule has 2 saturated carbocycles. The molecule has 0 aromatic carbocycles. The molecule has 2 unspecified atom stereocenters. The highest BCUT2D eigenvalue weighted by atomic mass is 16.3. The number of aromatic nitrogens is 2. The normalized spacial score (nSPS) is 26.3. The van der Waals surface area contributed by atoms with Crippen LogP contribution in [-0.2, 0) is 0 Å². The van der Waals surface area contributed by atoms with Gasteiger partial charge < -0.3 is 15.7 Å². The molecule has 110 valence electrons. The van der Waals surface area contributed by atoms with Gasteiger partial charge in [0.05, 0.1) is 0 Å². The van der Waals surface area contributed by atoms with E-state index >= 15 is 0 Å². The molecule has 3 rings (SSSR count). The van der Waals surface area contributed by atoms with Gasteiger partial charge in [0, 0.05) is 37.6 Å². The van der Waals surface area contributed by atoms with E-state index in [1.807, 2.05) is 13.1 Å². The van der Waals surface area contributed by atoms with Gasteiger partial charge in [-0.2, -0.15) is 0 Å². The second-order valence-electron chi connectivity index (χ2n) is 6.00. The minimum absolute atomic E-state index is 0.261. The van der Waals surface area contributed by atoms with E-state index in [1.54, 1.807) is 0 Å². The lowest BCUT2D eigenvalue weighted by molar-refractivity contribution is 0.178. The largest absolute Gasteiger partial charge is 0.396 e. The van der Waals surface area contributed by atoms with Crippen molar-refractivity contribution in [1.82, 2.24) is 9.97 Å². The summed E-state index contributed by atoms with van der Waals surface area (Å²) in [6.07, 6.45) is 7.08. The van der Waals surface area contributed by atoms with Gasteiger partial charge in [-0.1, -0.05) is 12.8 Å². The fraction of sp³-hybridized carbons (Fsp3) is 0.733. The summed E-state index contributed by atoms with van der Waals surface area (Å²) in [6.45, 7) is 0.261. The molecule has 0 aliphatic heterocycles. The van der Waals surface area contributed by atoms with Crippen molar-refractivity contribution >= 4 is 11.6 Å². The Hall–Kier alpha value is -1.36. The van der Waals surface area contributed by atoms with E-state index in [-0.39, 0.29) is 6.61 Å². The first-order chi connectivity index (χ1) is 9.80. The molecule has 2 fully saturated rings. The van der Waals surface area contributed by atoms with E-state index in [4.69, 9.17) is 0 Å². The minimum atomic E-state index is 0.261. The number of aliphatic hydroxyl groups excluding tert-OH is 1. The standard InChI is InChI=1S/C15H24N4O/c1-16-13-8-14(19-15(18-13)10-6-7-10)17-12-5-3-2-4-11(12)9-20/h8,10-12,20H,2-7,9H2,1H3,(H2,16,17,18,19). The summed E-state index contributed by atoms with van der Waals surface area (Å²) in [7, 11) is 1.89. The zero-order valence-electron chi connectivity index (χ0n) is 12.1. The van der Waals surface area contributed by atoms with Crippen LogP contribution in [0.25, 0.3) is 0 Å². The second-order valence-corrected chi connectivity index (χ2v) is 6.00. The van der Waals surface area contributed by atoms with Crippen LogP contribution >= 0.6 is 0 Å². The van der Waals surface area contributed by atoms with Gasteiger partial charge in [-0.15, -0.1) is 0 Å². The molecule has 2 aliphatic carbocycles. The van der Waals surface area contributed by atoms with Crippen molar-refractivity contribution in [3.8, 4) is 0 Å². The van der Waals surface area contributed by atoms with Crippen LogP contribution in [-0.4, -0.2) is 34.8 Å². The first kappa shape index (κ1) is 13.6. The molecule has 2 aliphatic rings. The Bertz CT molecular complexity index is 461. The highest BCUT2D eigenvalue weighted by Gasteiger charge is 2.28. The zero-order valence-corrected chi connectivity index (χ0v) is 12.1. The molecule has 5 heteroatoms. The monoisotopic (exact) mass is 276 g/mol. The maximum absolute atomic E-state index is 9.51. The third kappa shape index (κ3) is 3.03. The summed E-state index contributed by atoms with van der Waals surface area (Å²) in [5.74, 6) is 3.62. The van der Waals surface area contributed by atoms with E-state index in [0.717, 1.165) is 30.3 Å². The third-order valence-corrected chi connectivity index (χ3v) is 4.42. The highest BCUT2D eigenvalue weighted by Crippen LogP contribution is 2.39. The van der Waals surface area contributed by atoms with Gasteiger partial charge in [0.2, 0.25) is 0 Å². The van der Waals surface area contributed by atoms with Crippen molar-refractivity contribution in [2.75, 3.05) is 24.3 Å². The molecule has 0 amide bonds. The summed E-state index contributed by atoms with van der Waals surface area (Å²) < 4.78 is 0. The number of anilines is 2. The molecule has 1 aromatic heterocycles. The van der Waals surface area contributed by atoms with Crippen molar-refractivity contribution in [2.45, 2.75) is 50.5 Å². The van der Waals surface area contributed by atoms with Crippen LogP contribution in [0.5, 0.6) is 0 Å². The van der Waals surface area contributed by atoms with Crippen LogP contribution in [0.1, 0.15) is 50.3 Å². The van der Waals surface area contributed by atoms with E-state index in [2.05, 4.69) is 20.6 Å². The first-order valence-corrected chi connectivity index (χ1v) is 7.74. The van der Waals surface area contributed by atoms with E-state index in [0.29, 0.717) is 17.9 Å². The summed E-state index contributed by atoms with van der Waals surface area (Å²) in [6, 6.07) is 2.30. The van der Waals surface area contributed by atoms with Gasteiger partial charge in [-0.25, -0.2) is 9.97 Å². The van der Waals surface area contributed by atoms with Crippen LogP contribution in [0.4, 0.5) is 11.6 Å². The number of aliphatic hydroxyl groups is 1. The van der Waals surface area contributed by atoms with Gasteiger partial charge >= 0.3 is 0 Å². The van der Waals surface area contributed by atoms with Gasteiger partial charge in [0.15, 0.2) is 0 Å². The van der Waals surface area contributed by atoms with Crippen molar-refractivity contribution in [1.29, 1.82) is 0 Å². The number of hydrogen-bond acceptors (Lipinski definition) is 5. The van der Waals surface area contributed by atoms with Crippen LogP contribution < -0.4 is 10.6 Å². The Morgan fingerprint density at radius 2 is 1.90 bits per heavy atom. The lowest BCUT2D eigenvalue weighted by Gasteiger charge is -2.31. The minimum Gasteiger partial charge on any atom is -0.396 e. The Morgan fingerprint density at radius 3 is 2.60 bits per heavy atom. The van der Waals surface area contributed by atoms with Gasteiger partial charge in [0.25, 0.3) is 0 Å². The summed E-state index contributed by atoms with van der Waals surface area (Å²) >= 11 is 0. The number of nitrogens with one attached hydrogen (secondary N) is 2. The smallest absolute Gasteiger partial charge is 0.136 e. The lowest BCUT2D eigenvalue weighted by Crippen LogP contribution is -2.34. The quantitative estimate of drug-likeness (QED) is 0.770. The molecule has 0 saturated heterocycles. The lowest BCUT2D eigenvalue weighted by atomic mass is 9.85. The molecule has 20 heavy (non-hydrogen) atoms. The van der Waals surface area contributed by atoms with Gasteiger partial charge in [-0.3, -0.25) is 0 Å². The summed E-state index contributed by atoms with van der Waals surface area (Å²) in [5, 5.41) is 16.1. The topological polar surface area (TPSA) is 70.1 Å². The SMILES string of the molecule is CNc1cc(NC2CCCCC2CO)nc(C2CC2)n1. The van der Waals surface area contributed by atoms with E-state index < -0.39 is 0 Å². The first-order valence-electron chi connectivity index (χ1n) is 7.74. The summed E-state index contributed by atoms with van der Waals surface area (Å²) in [4.78, 5) is 9.20. The van der Waals surface area contributed by atoms with Crippen molar-refractivity contribution in [2.24, 2.45) is 5.92 Å². The number of hydrogen-bond donors (Lipinski definition) is 3. The van der Waals surface area contributed by atoms with Crippen molar-refractivity contribution < 1.29 is 5.11 Å². The molecule has 0 radical (unpaired) electrons. The summed E-state index contributed by atoms with van der Waals surface area (Å²) in [5.41, 5.74) is 0. The van der Waals surface area contributed by atoms with Crippen LogP contribution in [0, 0.1) is 5.92 Å². The van der Waals surface area contributed by atoms with Crippen molar-refractivity contribution in [3.05, 3.63) is 11.9 Å². The molecule has 1 aromatic rings. The molecule has 5 nitrogen and oxygen atoms in total. The van der Waals surface area contributed by atoms with Gasteiger partial charge in [-0.05, 0) is 25.7 Å². The van der Waals surface area contributed by atoms with E-state index in [1.165, 1.54) is 25.7 Å². The molecule has 0 bridgehead atoms. The van der Waals surface area contributed by atoms with E-state index in [9.17, 15) is 5.11 Å². The Labute approximate surface area is 120 Å². The molecule has 1 heterocycles. The zero-order chi connectivity index (χ0) is 13.9. The number of nitrogens with zero attached hydrogens (tertiary/aromatic N) is 2. The van der Waals surface area contributed by atoms with Crippen LogP contribution in [0.2, 0.25) is 0 Å². The average molecular weight is 276 g/mol. The Kier molecular flexibility index (Phi) is 4.05. The molecular formula is C15H24N4O. The average Bonchev–Trinajstić information content (AvgIpc) is 3.32. The predicted octanol–water partition coefficient (Wildman–Crippen LogP) is 2.36.